The lowest BCUT2D eigenvalue weighted by Gasteiger charge is -2.38. The van der Waals surface area contributed by atoms with Crippen LogP contribution in [0.2, 0.25) is 0 Å². The predicted octanol–water partition coefficient (Wildman–Crippen LogP) is 14.2. The van der Waals surface area contributed by atoms with Gasteiger partial charge in [0.1, 0.15) is 23.7 Å². The number of hydrogen-bond acceptors (Lipinski definition) is 8. The molecule has 0 aliphatic carbocycles. The van der Waals surface area contributed by atoms with Crippen LogP contribution in [0.5, 0.6) is 5.75 Å². The summed E-state index contributed by atoms with van der Waals surface area (Å²) in [7, 11) is 0. The van der Waals surface area contributed by atoms with Gasteiger partial charge in [0, 0.05) is 38.9 Å². The molecule has 342 valence electrons. The lowest BCUT2D eigenvalue weighted by molar-refractivity contribution is 0.129. The van der Waals surface area contributed by atoms with Crippen molar-refractivity contribution >= 4 is 21.8 Å². The van der Waals surface area contributed by atoms with Gasteiger partial charge >= 0.3 is 0 Å². The van der Waals surface area contributed by atoms with E-state index in [1.165, 1.54) is 24.3 Å². The SMILES string of the molecule is CC1(c2ccccc2)Oc2cc(-c3ccc(-c4nc(-c5ccc6cc(F)ccc6c5)nc(-n5cnc6ccccc65)n4)cc3-c3nc(-c4ccccc4)nc(-c4ccc(F)cc4)n3)ccc2-c2ccccc21. The molecule has 11 heteroatoms. The summed E-state index contributed by atoms with van der Waals surface area (Å²) < 4.78 is 37.7. The Morgan fingerprint density at radius 2 is 0.986 bits per heavy atom. The van der Waals surface area contributed by atoms with E-state index in [0.29, 0.717) is 57.3 Å². The maximum Gasteiger partial charge on any atom is 0.239 e. The molecule has 1 aliphatic rings. The molecular formula is C61H38F2N8O. The molecule has 0 saturated heterocycles. The first-order valence-corrected chi connectivity index (χ1v) is 23.4. The van der Waals surface area contributed by atoms with Gasteiger partial charge in [-0.1, -0.05) is 140 Å². The van der Waals surface area contributed by atoms with E-state index < -0.39 is 5.60 Å². The summed E-state index contributed by atoms with van der Waals surface area (Å²) in [6.45, 7) is 2.12. The molecule has 0 N–H and O–H groups in total. The fourth-order valence-electron chi connectivity index (χ4n) is 9.64. The van der Waals surface area contributed by atoms with Crippen LogP contribution in [0.4, 0.5) is 8.78 Å². The van der Waals surface area contributed by atoms with E-state index >= 15 is 0 Å². The first kappa shape index (κ1) is 42.5. The third-order valence-electron chi connectivity index (χ3n) is 13.3. The third-order valence-corrected chi connectivity index (χ3v) is 13.3. The van der Waals surface area contributed by atoms with Crippen LogP contribution in [0.25, 0.3) is 107 Å². The molecule has 1 aliphatic heterocycles. The minimum absolute atomic E-state index is 0.316. The highest BCUT2D eigenvalue weighted by Gasteiger charge is 2.38. The molecule has 9 nitrogen and oxygen atoms in total. The summed E-state index contributed by atoms with van der Waals surface area (Å²) in [6.07, 6.45) is 1.71. The number of para-hydroxylation sites is 2. The second kappa shape index (κ2) is 17.1. The molecule has 0 saturated carbocycles. The van der Waals surface area contributed by atoms with Crippen molar-refractivity contribution in [3.8, 4) is 90.9 Å². The Kier molecular flexibility index (Phi) is 10.1. The van der Waals surface area contributed by atoms with Gasteiger partial charge in [0.05, 0.1) is 11.0 Å². The van der Waals surface area contributed by atoms with Crippen LogP contribution in [0.15, 0.2) is 213 Å². The van der Waals surface area contributed by atoms with Crippen molar-refractivity contribution in [2.75, 3.05) is 0 Å². The van der Waals surface area contributed by atoms with Gasteiger partial charge in [0.2, 0.25) is 5.95 Å². The van der Waals surface area contributed by atoms with E-state index in [4.69, 9.17) is 34.6 Å². The van der Waals surface area contributed by atoms with Crippen LogP contribution < -0.4 is 4.74 Å². The highest BCUT2D eigenvalue weighted by Crippen LogP contribution is 2.50. The molecule has 3 aromatic heterocycles. The number of aromatic nitrogens is 8. The van der Waals surface area contributed by atoms with E-state index in [0.717, 1.165) is 66.5 Å². The van der Waals surface area contributed by atoms with Crippen molar-refractivity contribution in [2.24, 2.45) is 0 Å². The van der Waals surface area contributed by atoms with Gasteiger partial charge < -0.3 is 4.74 Å². The Balaban J connectivity index is 1.04. The molecule has 4 heterocycles. The van der Waals surface area contributed by atoms with Crippen molar-refractivity contribution in [2.45, 2.75) is 12.5 Å². The van der Waals surface area contributed by atoms with Gasteiger partial charge in [0.15, 0.2) is 34.7 Å². The lowest BCUT2D eigenvalue weighted by atomic mass is 9.80. The van der Waals surface area contributed by atoms with E-state index in [1.54, 1.807) is 24.5 Å². The molecule has 9 aromatic carbocycles. The molecule has 12 aromatic rings. The molecule has 0 spiro atoms. The Morgan fingerprint density at radius 3 is 1.78 bits per heavy atom. The summed E-state index contributed by atoms with van der Waals surface area (Å²) in [6, 6.07) is 65.0. The molecule has 13 rings (SSSR count). The Morgan fingerprint density at radius 1 is 0.417 bits per heavy atom. The zero-order valence-corrected chi connectivity index (χ0v) is 38.4. The third kappa shape index (κ3) is 7.51. The zero-order valence-electron chi connectivity index (χ0n) is 38.4. The quantitative estimate of drug-likeness (QED) is 0.148. The van der Waals surface area contributed by atoms with Crippen LogP contribution in [0, 0.1) is 11.6 Å². The molecule has 0 bridgehead atoms. The van der Waals surface area contributed by atoms with Crippen molar-refractivity contribution < 1.29 is 13.5 Å². The number of halogens is 2. The summed E-state index contributed by atoms with van der Waals surface area (Å²) in [4.78, 5) is 35.3. The number of ether oxygens (including phenoxy) is 1. The molecular weight excluding hydrogens is 899 g/mol. The van der Waals surface area contributed by atoms with Gasteiger partial charge in [-0.15, -0.1) is 0 Å². The van der Waals surface area contributed by atoms with E-state index in [2.05, 4.69) is 66.5 Å². The number of hydrogen-bond donors (Lipinski definition) is 0. The van der Waals surface area contributed by atoms with E-state index in [-0.39, 0.29) is 11.6 Å². The Hall–Kier alpha value is -9.61. The fourth-order valence-corrected chi connectivity index (χ4v) is 9.64. The van der Waals surface area contributed by atoms with Crippen LogP contribution >= 0.6 is 0 Å². The summed E-state index contributed by atoms with van der Waals surface area (Å²) in [5.74, 6) is 2.34. The van der Waals surface area contributed by atoms with Crippen LogP contribution in [-0.4, -0.2) is 39.5 Å². The predicted molar refractivity (Wildman–Crippen MR) is 277 cm³/mol. The fraction of sp³-hybridized carbons (Fsp3) is 0.0328. The maximum atomic E-state index is 14.4. The minimum Gasteiger partial charge on any atom is -0.477 e. The molecule has 0 amide bonds. The smallest absolute Gasteiger partial charge is 0.239 e. The Bertz CT molecular complexity index is 4070. The van der Waals surface area contributed by atoms with E-state index in [1.807, 2.05) is 114 Å². The summed E-state index contributed by atoms with van der Waals surface area (Å²) in [5.41, 5.74) is 10.1. The van der Waals surface area contributed by atoms with Gasteiger partial charge in [-0.2, -0.15) is 9.97 Å². The van der Waals surface area contributed by atoms with Crippen LogP contribution in [-0.2, 0) is 5.60 Å². The van der Waals surface area contributed by atoms with Gasteiger partial charge in [-0.25, -0.2) is 33.7 Å². The number of imidazole rings is 1. The summed E-state index contributed by atoms with van der Waals surface area (Å²) >= 11 is 0. The van der Waals surface area contributed by atoms with Crippen molar-refractivity contribution in [1.82, 2.24) is 39.5 Å². The van der Waals surface area contributed by atoms with Crippen molar-refractivity contribution in [3.05, 3.63) is 235 Å². The van der Waals surface area contributed by atoms with Gasteiger partial charge in [0.25, 0.3) is 0 Å². The van der Waals surface area contributed by atoms with Gasteiger partial charge in [-0.05, 0) is 107 Å². The van der Waals surface area contributed by atoms with Crippen molar-refractivity contribution in [1.29, 1.82) is 0 Å². The van der Waals surface area contributed by atoms with E-state index in [9.17, 15) is 8.78 Å². The maximum absolute atomic E-state index is 14.4. The highest BCUT2D eigenvalue weighted by molar-refractivity contribution is 5.90. The molecule has 0 fully saturated rings. The monoisotopic (exact) mass is 936 g/mol. The topological polar surface area (TPSA) is 104 Å². The number of benzene rings is 9. The largest absolute Gasteiger partial charge is 0.477 e. The second-order valence-corrected chi connectivity index (χ2v) is 17.8. The number of nitrogens with zero attached hydrogens (tertiary/aromatic N) is 8. The molecule has 72 heavy (non-hydrogen) atoms. The average Bonchev–Trinajstić information content (AvgIpc) is 3.88. The number of rotatable bonds is 8. The zero-order chi connectivity index (χ0) is 48.3. The standard InChI is InChI=1S/C61H38F2N8O/c1-61(44-14-6-3-7-15-44)51-17-9-8-16-48(51)49-31-25-41(35-54(49)72-61)47-30-26-43(34-50(47)59-67-55(37-12-4-2-5-13-37)65-56(68-59)38-22-27-45(62)28-23-38)58-66-57(42-21-20-40-33-46(63)29-24-39(40)32-42)69-60(70-58)71-36-64-52-18-10-11-19-53(52)71/h2-36H,1H3. The normalized spacial score (nSPS) is 13.9. The number of fused-ring (bicyclic) bond motifs is 5. The van der Waals surface area contributed by atoms with Crippen LogP contribution in [0.1, 0.15) is 18.1 Å². The highest BCUT2D eigenvalue weighted by atomic mass is 19.1. The molecule has 1 atom stereocenters. The average molecular weight is 937 g/mol. The second-order valence-electron chi connectivity index (χ2n) is 17.8. The minimum atomic E-state index is -0.783. The van der Waals surface area contributed by atoms with Gasteiger partial charge in [-0.3, -0.25) is 4.57 Å². The molecule has 0 radical (unpaired) electrons. The Labute approximate surface area is 411 Å². The summed E-state index contributed by atoms with van der Waals surface area (Å²) in [5, 5.41) is 1.59. The first-order chi connectivity index (χ1) is 35.3. The molecule has 1 unspecified atom stereocenters. The van der Waals surface area contributed by atoms with Crippen LogP contribution in [0.3, 0.4) is 0 Å². The van der Waals surface area contributed by atoms with Crippen molar-refractivity contribution in [3.63, 3.8) is 0 Å². The first-order valence-electron chi connectivity index (χ1n) is 23.4. The lowest BCUT2D eigenvalue weighted by Crippen LogP contribution is -2.34.